The van der Waals surface area contributed by atoms with Crippen molar-refractivity contribution in [1.82, 2.24) is 5.32 Å². The number of carbonyl (C=O) groups excluding carboxylic acids is 1. The van der Waals surface area contributed by atoms with E-state index in [-0.39, 0.29) is 36.0 Å². The van der Waals surface area contributed by atoms with Crippen LogP contribution >= 0.6 is 0 Å². The molecule has 0 aromatic rings. The molecular formula is C9H17NO4S. The minimum absolute atomic E-state index is 0.0280. The van der Waals surface area contributed by atoms with Gasteiger partial charge in [-0.25, -0.2) is 8.42 Å². The van der Waals surface area contributed by atoms with Crippen molar-refractivity contribution in [2.24, 2.45) is 0 Å². The molecule has 1 aliphatic heterocycles. The number of esters is 1. The lowest BCUT2D eigenvalue weighted by Gasteiger charge is -2.23. The van der Waals surface area contributed by atoms with Crippen LogP contribution in [0, 0.1) is 0 Å². The van der Waals surface area contributed by atoms with Crippen molar-refractivity contribution < 1.29 is 17.9 Å². The smallest absolute Gasteiger partial charge is 0.307 e. The molecule has 1 atom stereocenters. The van der Waals surface area contributed by atoms with Crippen molar-refractivity contribution in [2.45, 2.75) is 32.4 Å². The van der Waals surface area contributed by atoms with Crippen LogP contribution in [-0.4, -0.2) is 44.6 Å². The van der Waals surface area contributed by atoms with Crippen LogP contribution in [0.25, 0.3) is 0 Å². The summed E-state index contributed by atoms with van der Waals surface area (Å²) in [6.45, 7) is 3.95. The Morgan fingerprint density at radius 2 is 2.20 bits per heavy atom. The number of rotatable bonds is 3. The molecule has 1 unspecified atom stereocenters. The first-order valence-corrected chi connectivity index (χ1v) is 6.84. The second-order valence-corrected chi connectivity index (χ2v) is 6.24. The quantitative estimate of drug-likeness (QED) is 0.681. The van der Waals surface area contributed by atoms with Crippen molar-refractivity contribution in [3.8, 4) is 0 Å². The predicted octanol–water partition coefficient (Wildman–Crippen LogP) is -0.285. The first kappa shape index (κ1) is 12.4. The monoisotopic (exact) mass is 235 g/mol. The molecule has 0 spiro atoms. The lowest BCUT2D eigenvalue weighted by atomic mass is 10.2. The van der Waals surface area contributed by atoms with Crippen molar-refractivity contribution in [1.29, 1.82) is 0 Å². The van der Waals surface area contributed by atoms with E-state index in [2.05, 4.69) is 5.32 Å². The Kier molecular flexibility index (Phi) is 4.10. The van der Waals surface area contributed by atoms with E-state index in [0.717, 1.165) is 0 Å². The van der Waals surface area contributed by atoms with Gasteiger partial charge in [-0.1, -0.05) is 0 Å². The summed E-state index contributed by atoms with van der Waals surface area (Å²) >= 11 is 0. The summed E-state index contributed by atoms with van der Waals surface area (Å²) in [6.07, 6.45) is -0.0325. The Morgan fingerprint density at radius 3 is 2.73 bits per heavy atom. The van der Waals surface area contributed by atoms with E-state index in [1.165, 1.54) is 0 Å². The van der Waals surface area contributed by atoms with Gasteiger partial charge in [-0.05, 0) is 13.8 Å². The maximum absolute atomic E-state index is 11.3. The number of nitrogens with one attached hydrogen (secondary N) is 1. The highest BCUT2D eigenvalue weighted by atomic mass is 32.2. The largest absolute Gasteiger partial charge is 0.463 e. The van der Waals surface area contributed by atoms with E-state index in [1.54, 1.807) is 13.8 Å². The molecule has 0 aliphatic carbocycles. The van der Waals surface area contributed by atoms with E-state index in [9.17, 15) is 13.2 Å². The average Bonchev–Trinajstić information content (AvgIpc) is 1.99. The number of sulfone groups is 1. The van der Waals surface area contributed by atoms with Gasteiger partial charge in [-0.3, -0.25) is 4.79 Å². The first-order chi connectivity index (χ1) is 6.89. The third-order valence-electron chi connectivity index (χ3n) is 2.08. The molecule has 1 fully saturated rings. The van der Waals surface area contributed by atoms with Crippen LogP contribution in [0.3, 0.4) is 0 Å². The molecule has 1 saturated heterocycles. The van der Waals surface area contributed by atoms with Gasteiger partial charge in [0, 0.05) is 12.6 Å². The van der Waals surface area contributed by atoms with E-state index in [4.69, 9.17) is 4.74 Å². The fourth-order valence-electron chi connectivity index (χ4n) is 1.51. The zero-order valence-corrected chi connectivity index (χ0v) is 9.84. The SMILES string of the molecule is CC(C)OC(=O)CC1CS(=O)(=O)CCN1. The van der Waals surface area contributed by atoms with Gasteiger partial charge >= 0.3 is 5.97 Å². The van der Waals surface area contributed by atoms with Crippen molar-refractivity contribution >= 4 is 15.8 Å². The molecule has 0 amide bonds. The van der Waals surface area contributed by atoms with Crippen LogP contribution in [-0.2, 0) is 19.4 Å². The Balaban J connectivity index is 2.42. The molecule has 0 bridgehead atoms. The molecular weight excluding hydrogens is 218 g/mol. The summed E-state index contributed by atoms with van der Waals surface area (Å²) in [5.41, 5.74) is 0. The molecule has 0 saturated carbocycles. The Morgan fingerprint density at radius 1 is 1.53 bits per heavy atom. The van der Waals surface area contributed by atoms with E-state index in [1.807, 2.05) is 0 Å². The molecule has 15 heavy (non-hydrogen) atoms. The maximum atomic E-state index is 11.3. The molecule has 0 aromatic heterocycles. The zero-order chi connectivity index (χ0) is 11.5. The van der Waals surface area contributed by atoms with Crippen LogP contribution < -0.4 is 5.32 Å². The predicted molar refractivity (Wildman–Crippen MR) is 56.3 cm³/mol. The lowest BCUT2D eigenvalue weighted by Crippen LogP contribution is -2.46. The van der Waals surface area contributed by atoms with E-state index in [0.29, 0.717) is 6.54 Å². The van der Waals surface area contributed by atoms with Gasteiger partial charge in [0.2, 0.25) is 0 Å². The van der Waals surface area contributed by atoms with Crippen LogP contribution in [0.1, 0.15) is 20.3 Å². The Hall–Kier alpha value is -0.620. The van der Waals surface area contributed by atoms with Gasteiger partial charge in [0.1, 0.15) is 0 Å². The highest BCUT2D eigenvalue weighted by molar-refractivity contribution is 7.91. The summed E-state index contributed by atoms with van der Waals surface area (Å²) in [5, 5.41) is 3.00. The van der Waals surface area contributed by atoms with Gasteiger partial charge in [-0.2, -0.15) is 0 Å². The Labute approximate surface area is 90.1 Å². The second-order valence-electron chi connectivity index (χ2n) is 4.01. The molecule has 0 aromatic carbocycles. The van der Waals surface area contributed by atoms with Gasteiger partial charge in [0.05, 0.1) is 24.0 Å². The van der Waals surface area contributed by atoms with Crippen molar-refractivity contribution in [3.05, 3.63) is 0 Å². The number of carbonyl (C=O) groups is 1. The number of ether oxygens (including phenoxy) is 1. The van der Waals surface area contributed by atoms with Crippen molar-refractivity contribution in [2.75, 3.05) is 18.1 Å². The highest BCUT2D eigenvalue weighted by Crippen LogP contribution is 2.06. The minimum Gasteiger partial charge on any atom is -0.463 e. The van der Waals surface area contributed by atoms with Crippen LogP contribution in [0.5, 0.6) is 0 Å². The summed E-state index contributed by atoms with van der Waals surface area (Å²) in [5.74, 6) is -0.164. The van der Waals surface area contributed by atoms with Gasteiger partial charge < -0.3 is 10.1 Å². The van der Waals surface area contributed by atoms with Gasteiger partial charge in [-0.15, -0.1) is 0 Å². The second kappa shape index (κ2) is 4.94. The average molecular weight is 235 g/mol. The van der Waals surface area contributed by atoms with Crippen molar-refractivity contribution in [3.63, 3.8) is 0 Å². The van der Waals surface area contributed by atoms with E-state index < -0.39 is 9.84 Å². The Bertz CT molecular complexity index is 323. The molecule has 1 aliphatic rings. The molecule has 1 rings (SSSR count). The fourth-order valence-corrected chi connectivity index (χ4v) is 2.95. The fraction of sp³-hybridized carbons (Fsp3) is 0.889. The van der Waals surface area contributed by atoms with E-state index >= 15 is 0 Å². The normalized spacial score (nSPS) is 25.1. The summed E-state index contributed by atoms with van der Waals surface area (Å²) in [6, 6.07) is -0.296. The standard InChI is InChI=1S/C9H17NO4S/c1-7(2)14-9(11)5-8-6-15(12,13)4-3-10-8/h7-8,10H,3-6H2,1-2H3. The third-order valence-corrected chi connectivity index (χ3v) is 3.82. The van der Waals surface area contributed by atoms with Crippen LogP contribution in [0.4, 0.5) is 0 Å². The molecule has 1 N–H and O–H groups in total. The first-order valence-electron chi connectivity index (χ1n) is 5.02. The number of hydrogen-bond donors (Lipinski definition) is 1. The number of hydrogen-bond acceptors (Lipinski definition) is 5. The lowest BCUT2D eigenvalue weighted by molar-refractivity contribution is -0.147. The molecule has 0 radical (unpaired) electrons. The topological polar surface area (TPSA) is 72.5 Å². The van der Waals surface area contributed by atoms with Crippen LogP contribution in [0.2, 0.25) is 0 Å². The summed E-state index contributed by atoms with van der Waals surface area (Å²) in [4.78, 5) is 11.3. The summed E-state index contributed by atoms with van der Waals surface area (Å²) in [7, 11) is -2.98. The van der Waals surface area contributed by atoms with Crippen LogP contribution in [0.15, 0.2) is 0 Å². The molecule has 6 heteroatoms. The molecule has 5 nitrogen and oxygen atoms in total. The zero-order valence-electron chi connectivity index (χ0n) is 9.02. The van der Waals surface area contributed by atoms with Gasteiger partial charge in [0.25, 0.3) is 0 Å². The molecule has 1 heterocycles. The summed E-state index contributed by atoms with van der Waals surface area (Å²) < 4.78 is 27.5. The third kappa shape index (κ3) is 4.61. The van der Waals surface area contributed by atoms with Gasteiger partial charge in [0.15, 0.2) is 9.84 Å². The minimum atomic E-state index is -2.98. The maximum Gasteiger partial charge on any atom is 0.307 e. The molecule has 88 valence electrons. The highest BCUT2D eigenvalue weighted by Gasteiger charge is 2.26.